The molecule has 5 rings (SSSR count). The van der Waals surface area contributed by atoms with Crippen LogP contribution in [0, 0.1) is 70.2 Å². The smallest absolute Gasteiger partial charge is 0.380 e. The summed E-state index contributed by atoms with van der Waals surface area (Å²) in [6, 6.07) is 10.3. The second-order valence-corrected chi connectivity index (χ2v) is 11.7. The minimum absolute atomic E-state index is 0.0581. The largest absolute Gasteiger partial charge is 0.494 e. The number of hydrogen-bond donors (Lipinski definition) is 0. The van der Waals surface area contributed by atoms with Crippen LogP contribution in [0.2, 0.25) is 0 Å². The van der Waals surface area contributed by atoms with Crippen LogP contribution in [0.5, 0.6) is 11.5 Å². The van der Waals surface area contributed by atoms with Gasteiger partial charge in [-0.05, 0) is 61.4 Å². The molecule has 0 radical (unpaired) electrons. The predicted molar refractivity (Wildman–Crippen MR) is 171 cm³/mol. The fourth-order valence-corrected chi connectivity index (χ4v) is 5.29. The monoisotopic (exact) mass is 788 g/mol. The van der Waals surface area contributed by atoms with E-state index in [4.69, 9.17) is 9.47 Å². The van der Waals surface area contributed by atoms with Gasteiger partial charge in [0.1, 0.15) is 22.6 Å². The summed E-state index contributed by atoms with van der Waals surface area (Å²) in [5.41, 5.74) is -16.6. The summed E-state index contributed by atoms with van der Waals surface area (Å²) >= 11 is 0. The summed E-state index contributed by atoms with van der Waals surface area (Å²) in [6.45, 7) is 4.25. The standard InChI is InChI=1S/C39H22F14O2/c1-3-17-54-21-11-5-19(6-12-21)9-15-23-29(40)33(44)25(34(45)30(23)41)27-28(38(50,51)39(52,53)37(27,48)49)26-35(46)31(42)24(32(43)36(26)47)16-10-20-7-13-22(14-8-20)55-18-4-2/h5-8,11-14H,3-4,17-18H2,1-2H3. The summed E-state index contributed by atoms with van der Waals surface area (Å²) in [5, 5.41) is 0. The van der Waals surface area contributed by atoms with Gasteiger partial charge in [-0.25, -0.2) is 35.1 Å². The third kappa shape index (κ3) is 6.94. The summed E-state index contributed by atoms with van der Waals surface area (Å²) in [7, 11) is 0. The number of ether oxygens (including phenoxy) is 2. The van der Waals surface area contributed by atoms with E-state index < -0.39 is 97.7 Å². The van der Waals surface area contributed by atoms with Crippen molar-refractivity contribution in [3.63, 3.8) is 0 Å². The van der Waals surface area contributed by atoms with Gasteiger partial charge in [0.2, 0.25) is 0 Å². The van der Waals surface area contributed by atoms with Gasteiger partial charge in [0, 0.05) is 11.1 Å². The highest BCUT2D eigenvalue weighted by Gasteiger charge is 2.81. The Bertz CT molecular complexity index is 2090. The molecule has 0 fully saturated rings. The van der Waals surface area contributed by atoms with E-state index in [0.29, 0.717) is 37.6 Å². The number of allylic oxidation sites excluding steroid dienone is 2. The first-order valence-electron chi connectivity index (χ1n) is 15.9. The lowest BCUT2D eigenvalue weighted by Gasteiger charge is -2.26. The van der Waals surface area contributed by atoms with Crippen molar-refractivity contribution < 1.29 is 70.9 Å². The molecular weight excluding hydrogens is 766 g/mol. The van der Waals surface area contributed by atoms with Gasteiger partial charge in [0.05, 0.1) is 35.5 Å². The molecule has 0 aliphatic heterocycles. The first kappa shape index (κ1) is 40.5. The van der Waals surface area contributed by atoms with E-state index in [1.54, 1.807) is 11.8 Å². The molecule has 0 unspecified atom stereocenters. The van der Waals surface area contributed by atoms with Crippen LogP contribution in [-0.4, -0.2) is 31.0 Å². The molecule has 55 heavy (non-hydrogen) atoms. The Morgan fingerprint density at radius 3 is 1.00 bits per heavy atom. The van der Waals surface area contributed by atoms with Crippen molar-refractivity contribution >= 4 is 11.1 Å². The highest BCUT2D eigenvalue weighted by molar-refractivity contribution is 6.01. The van der Waals surface area contributed by atoms with E-state index in [2.05, 4.69) is 11.8 Å². The fraction of sp³-hybridized carbons (Fsp3) is 0.231. The molecule has 0 aromatic heterocycles. The van der Waals surface area contributed by atoms with Crippen molar-refractivity contribution in [1.82, 2.24) is 0 Å². The molecule has 2 nitrogen and oxygen atoms in total. The second kappa shape index (κ2) is 15.2. The third-order valence-electron chi connectivity index (χ3n) is 8.01. The van der Waals surface area contributed by atoms with E-state index >= 15 is 52.7 Å². The van der Waals surface area contributed by atoms with Crippen LogP contribution in [0.1, 0.15) is 60.1 Å². The minimum atomic E-state index is -6.86. The SMILES string of the molecule is CCCOc1ccc(C#Cc2c(F)c(F)c(C3=C(c4c(F)c(F)c(C#Cc5ccc(OCCC)cc5)c(F)c4F)C(F)(F)C(F)(F)C3(F)F)c(F)c2F)cc1. The normalized spacial score (nSPS) is 15.3. The quantitative estimate of drug-likeness (QED) is 0.101. The minimum Gasteiger partial charge on any atom is -0.494 e. The maximum Gasteiger partial charge on any atom is 0.380 e. The highest BCUT2D eigenvalue weighted by atomic mass is 19.3. The van der Waals surface area contributed by atoms with Crippen molar-refractivity contribution in [2.75, 3.05) is 13.2 Å². The number of rotatable bonds is 8. The van der Waals surface area contributed by atoms with Gasteiger partial charge in [0.15, 0.2) is 46.5 Å². The lowest BCUT2D eigenvalue weighted by molar-refractivity contribution is -0.254. The second-order valence-electron chi connectivity index (χ2n) is 11.7. The Morgan fingerprint density at radius 1 is 0.436 bits per heavy atom. The summed E-state index contributed by atoms with van der Waals surface area (Å²) in [4.78, 5) is 0. The Balaban J connectivity index is 1.70. The predicted octanol–water partition coefficient (Wildman–Crippen LogP) is 11.0. The maximum atomic E-state index is 15.5. The fourth-order valence-electron chi connectivity index (χ4n) is 5.29. The Hall–Kier alpha value is -5.64. The van der Waals surface area contributed by atoms with Crippen LogP contribution < -0.4 is 9.47 Å². The lowest BCUT2D eigenvalue weighted by Crippen LogP contribution is -2.49. The van der Waals surface area contributed by atoms with Crippen molar-refractivity contribution in [2.24, 2.45) is 0 Å². The first-order chi connectivity index (χ1) is 25.8. The maximum absolute atomic E-state index is 15.5. The van der Waals surface area contributed by atoms with E-state index in [-0.39, 0.29) is 11.1 Å². The molecule has 16 heteroatoms. The molecule has 0 bridgehead atoms. The van der Waals surface area contributed by atoms with Gasteiger partial charge < -0.3 is 9.47 Å². The van der Waals surface area contributed by atoms with Crippen LogP contribution in [0.4, 0.5) is 61.5 Å². The summed E-state index contributed by atoms with van der Waals surface area (Å²) < 4.78 is 224. The zero-order valence-electron chi connectivity index (χ0n) is 28.1. The Labute approximate surface area is 303 Å². The zero-order chi connectivity index (χ0) is 40.6. The molecule has 288 valence electrons. The van der Waals surface area contributed by atoms with Gasteiger partial charge in [-0.3, -0.25) is 0 Å². The van der Waals surface area contributed by atoms with E-state index in [0.717, 1.165) is 0 Å². The highest BCUT2D eigenvalue weighted by Crippen LogP contribution is 2.65. The molecule has 0 saturated heterocycles. The number of hydrogen-bond acceptors (Lipinski definition) is 2. The third-order valence-corrected chi connectivity index (χ3v) is 8.01. The number of alkyl halides is 6. The van der Waals surface area contributed by atoms with E-state index in [1.165, 1.54) is 48.5 Å². The molecule has 0 spiro atoms. The van der Waals surface area contributed by atoms with Gasteiger partial charge in [0.25, 0.3) is 0 Å². The summed E-state index contributed by atoms with van der Waals surface area (Å²) in [6.07, 6.45) is 1.27. The molecular formula is C39H22F14O2. The van der Waals surface area contributed by atoms with E-state index in [1.807, 2.05) is 13.8 Å². The van der Waals surface area contributed by atoms with Crippen molar-refractivity contribution in [3.8, 4) is 35.2 Å². The molecule has 0 N–H and O–H groups in total. The molecule has 4 aromatic carbocycles. The molecule has 1 aliphatic rings. The Kier molecular flexibility index (Phi) is 11.2. The average molecular weight is 789 g/mol. The molecule has 0 atom stereocenters. The van der Waals surface area contributed by atoms with Gasteiger partial charge in [-0.15, -0.1) is 0 Å². The molecule has 4 aromatic rings. The van der Waals surface area contributed by atoms with Crippen LogP contribution in [0.3, 0.4) is 0 Å². The van der Waals surface area contributed by atoms with E-state index in [9.17, 15) is 8.78 Å². The molecule has 0 saturated carbocycles. The van der Waals surface area contributed by atoms with Gasteiger partial charge in [-0.1, -0.05) is 37.5 Å². The van der Waals surface area contributed by atoms with Crippen LogP contribution in [0.25, 0.3) is 11.1 Å². The van der Waals surface area contributed by atoms with Crippen molar-refractivity contribution in [3.05, 3.63) is 128 Å². The summed E-state index contributed by atoms with van der Waals surface area (Å²) in [5.74, 6) is -34.8. The van der Waals surface area contributed by atoms with Gasteiger partial charge >= 0.3 is 17.8 Å². The van der Waals surface area contributed by atoms with Crippen LogP contribution in [-0.2, 0) is 0 Å². The zero-order valence-corrected chi connectivity index (χ0v) is 28.1. The number of benzene rings is 4. The number of halogens is 14. The topological polar surface area (TPSA) is 18.5 Å². The molecule has 1 aliphatic carbocycles. The van der Waals surface area contributed by atoms with Crippen molar-refractivity contribution in [1.29, 1.82) is 0 Å². The van der Waals surface area contributed by atoms with Crippen LogP contribution >= 0.6 is 0 Å². The first-order valence-corrected chi connectivity index (χ1v) is 15.9. The lowest BCUT2D eigenvalue weighted by atomic mass is 9.91. The molecule has 0 heterocycles. The van der Waals surface area contributed by atoms with Gasteiger partial charge in [-0.2, -0.15) is 26.3 Å². The average Bonchev–Trinajstić information content (AvgIpc) is 3.25. The Morgan fingerprint density at radius 2 is 0.727 bits per heavy atom. The van der Waals surface area contributed by atoms with Crippen molar-refractivity contribution in [2.45, 2.75) is 44.5 Å². The molecule has 0 amide bonds. The van der Waals surface area contributed by atoms with Crippen LogP contribution in [0.15, 0.2) is 48.5 Å².